The largest absolute Gasteiger partial charge is 0.449 e. The predicted octanol–water partition coefficient (Wildman–Crippen LogP) is 4.03. The second-order valence-corrected chi connectivity index (χ2v) is 5.79. The van der Waals surface area contributed by atoms with Gasteiger partial charge in [-0.1, -0.05) is 55.8 Å². The lowest BCUT2D eigenvalue weighted by molar-refractivity contribution is -0.129. The summed E-state index contributed by atoms with van der Waals surface area (Å²) in [5, 5.41) is 2.90. The Morgan fingerprint density at radius 2 is 1.72 bits per heavy atom. The molecule has 0 fully saturated rings. The van der Waals surface area contributed by atoms with E-state index in [-0.39, 0.29) is 11.6 Å². The second kappa shape index (κ2) is 8.97. The van der Waals surface area contributed by atoms with Gasteiger partial charge in [0, 0.05) is 0 Å². The van der Waals surface area contributed by atoms with Crippen molar-refractivity contribution >= 4 is 11.9 Å². The van der Waals surface area contributed by atoms with E-state index < -0.39 is 23.8 Å². The number of nitrogens with one attached hydrogen (secondary N) is 1. The van der Waals surface area contributed by atoms with Crippen molar-refractivity contribution in [3.63, 3.8) is 0 Å². The summed E-state index contributed by atoms with van der Waals surface area (Å²) >= 11 is 0. The van der Waals surface area contributed by atoms with Gasteiger partial charge in [-0.15, -0.1) is 0 Å². The number of carbonyl (C=O) groups excluding carboxylic acids is 2. The first-order valence-corrected chi connectivity index (χ1v) is 8.33. The summed E-state index contributed by atoms with van der Waals surface area (Å²) < 4.78 is 18.7. The van der Waals surface area contributed by atoms with Gasteiger partial charge in [-0.2, -0.15) is 0 Å². The molecular weight excluding hydrogens is 321 g/mol. The maximum atomic E-state index is 13.6. The topological polar surface area (TPSA) is 55.4 Å². The van der Waals surface area contributed by atoms with Gasteiger partial charge in [0.2, 0.25) is 0 Å². The van der Waals surface area contributed by atoms with Crippen LogP contribution in [0.2, 0.25) is 0 Å². The van der Waals surface area contributed by atoms with Crippen molar-refractivity contribution in [2.45, 2.75) is 38.8 Å². The van der Waals surface area contributed by atoms with Crippen LogP contribution in [0, 0.1) is 5.82 Å². The van der Waals surface area contributed by atoms with E-state index in [0.29, 0.717) is 0 Å². The fourth-order valence-electron chi connectivity index (χ4n) is 2.49. The van der Waals surface area contributed by atoms with E-state index in [4.69, 9.17) is 4.74 Å². The Labute approximate surface area is 147 Å². The molecule has 0 aliphatic rings. The third-order valence-corrected chi connectivity index (χ3v) is 3.84. The molecule has 0 bridgehead atoms. The van der Waals surface area contributed by atoms with Crippen LogP contribution >= 0.6 is 0 Å². The minimum absolute atomic E-state index is 0.159. The Morgan fingerprint density at radius 1 is 1.08 bits per heavy atom. The predicted molar refractivity (Wildman–Crippen MR) is 93.5 cm³/mol. The zero-order chi connectivity index (χ0) is 18.2. The molecule has 132 valence electrons. The molecule has 2 aromatic rings. The molecule has 0 aromatic heterocycles. The summed E-state index contributed by atoms with van der Waals surface area (Å²) in [5.74, 6) is -1.94. The number of esters is 1. The summed E-state index contributed by atoms with van der Waals surface area (Å²) in [6.07, 6.45) is 0.641. The third-order valence-electron chi connectivity index (χ3n) is 3.84. The molecule has 1 amide bonds. The van der Waals surface area contributed by atoms with Crippen molar-refractivity contribution in [2.75, 3.05) is 0 Å². The highest BCUT2D eigenvalue weighted by Gasteiger charge is 2.23. The fourth-order valence-corrected chi connectivity index (χ4v) is 2.49. The molecule has 2 atom stereocenters. The average Bonchev–Trinajstić information content (AvgIpc) is 2.62. The number of carbonyl (C=O) groups is 2. The molecule has 0 saturated heterocycles. The van der Waals surface area contributed by atoms with Crippen LogP contribution in [0.5, 0.6) is 0 Å². The van der Waals surface area contributed by atoms with E-state index in [1.807, 2.05) is 37.3 Å². The molecule has 0 aliphatic heterocycles. The van der Waals surface area contributed by atoms with Crippen molar-refractivity contribution in [1.29, 1.82) is 0 Å². The van der Waals surface area contributed by atoms with Crippen LogP contribution in [0.4, 0.5) is 4.39 Å². The normalized spacial score (nSPS) is 12.9. The Morgan fingerprint density at radius 3 is 2.36 bits per heavy atom. The third kappa shape index (κ3) is 5.14. The Balaban J connectivity index is 2.01. The molecule has 0 spiro atoms. The number of hydrogen-bond acceptors (Lipinski definition) is 3. The van der Waals surface area contributed by atoms with Gasteiger partial charge in [0.25, 0.3) is 5.91 Å². The van der Waals surface area contributed by atoms with Gasteiger partial charge in [-0.05, 0) is 31.0 Å². The molecule has 25 heavy (non-hydrogen) atoms. The lowest BCUT2D eigenvalue weighted by Gasteiger charge is -2.21. The van der Waals surface area contributed by atoms with Crippen molar-refractivity contribution in [2.24, 2.45) is 0 Å². The van der Waals surface area contributed by atoms with Crippen molar-refractivity contribution < 1.29 is 18.7 Å². The minimum Gasteiger partial charge on any atom is -0.449 e. The fraction of sp³-hybridized carbons (Fsp3) is 0.300. The highest BCUT2D eigenvalue weighted by Crippen LogP contribution is 2.18. The van der Waals surface area contributed by atoms with Crippen LogP contribution in [0.1, 0.15) is 48.7 Å². The first-order valence-electron chi connectivity index (χ1n) is 8.33. The molecule has 0 saturated carbocycles. The minimum atomic E-state index is -1.02. The summed E-state index contributed by atoms with van der Waals surface area (Å²) in [6, 6.07) is 15.0. The highest BCUT2D eigenvalue weighted by atomic mass is 19.1. The molecule has 4 nitrogen and oxygen atoms in total. The highest BCUT2D eigenvalue weighted by molar-refractivity contribution is 5.92. The molecule has 0 heterocycles. The van der Waals surface area contributed by atoms with Crippen LogP contribution in [0.25, 0.3) is 0 Å². The Kier molecular flexibility index (Phi) is 6.69. The molecule has 5 heteroatoms. The number of ether oxygens (including phenoxy) is 1. The summed E-state index contributed by atoms with van der Waals surface area (Å²) in [7, 11) is 0. The Bertz CT molecular complexity index is 718. The number of rotatable bonds is 7. The molecule has 2 aromatic carbocycles. The van der Waals surface area contributed by atoms with Gasteiger partial charge in [0.05, 0.1) is 11.6 Å². The lowest BCUT2D eigenvalue weighted by Crippen LogP contribution is -2.38. The number of halogens is 1. The first kappa shape index (κ1) is 18.6. The van der Waals surface area contributed by atoms with Crippen LogP contribution in [0.15, 0.2) is 54.6 Å². The molecular formula is C20H22FNO3. The van der Waals surface area contributed by atoms with Gasteiger partial charge in [-0.3, -0.25) is 4.79 Å². The van der Waals surface area contributed by atoms with Crippen LogP contribution in [-0.4, -0.2) is 18.0 Å². The van der Waals surface area contributed by atoms with E-state index in [1.165, 1.54) is 31.2 Å². The van der Waals surface area contributed by atoms with Crippen molar-refractivity contribution in [1.82, 2.24) is 5.32 Å². The molecule has 0 unspecified atom stereocenters. The first-order chi connectivity index (χ1) is 12.0. The molecule has 1 N–H and O–H groups in total. The molecule has 0 aliphatic carbocycles. The SMILES string of the molecule is CCC[C@@H](NC(=O)[C@@H](C)OC(=O)c1ccccc1F)c1ccccc1. The standard InChI is InChI=1S/C20H22FNO3/c1-3-9-18(15-10-5-4-6-11-15)22-19(23)14(2)25-20(24)16-12-7-8-13-17(16)21/h4-8,10-14,18H,3,9H2,1-2H3,(H,22,23)/t14-,18-/m1/s1. The van der Waals surface area contributed by atoms with Gasteiger partial charge in [0.15, 0.2) is 6.10 Å². The summed E-state index contributed by atoms with van der Waals surface area (Å²) in [6.45, 7) is 3.51. The van der Waals surface area contributed by atoms with Crippen LogP contribution in [0.3, 0.4) is 0 Å². The maximum absolute atomic E-state index is 13.6. The van der Waals surface area contributed by atoms with Gasteiger partial charge >= 0.3 is 5.97 Å². The van der Waals surface area contributed by atoms with E-state index >= 15 is 0 Å². The van der Waals surface area contributed by atoms with Gasteiger partial charge < -0.3 is 10.1 Å². The average molecular weight is 343 g/mol. The van der Waals surface area contributed by atoms with Crippen LogP contribution < -0.4 is 5.32 Å². The smallest absolute Gasteiger partial charge is 0.341 e. The van der Waals surface area contributed by atoms with Crippen molar-refractivity contribution in [3.05, 3.63) is 71.5 Å². The van der Waals surface area contributed by atoms with E-state index in [2.05, 4.69) is 5.32 Å². The number of benzene rings is 2. The van der Waals surface area contributed by atoms with Crippen molar-refractivity contribution in [3.8, 4) is 0 Å². The zero-order valence-corrected chi connectivity index (χ0v) is 14.4. The van der Waals surface area contributed by atoms with Gasteiger partial charge in [-0.25, -0.2) is 9.18 Å². The molecule has 0 radical (unpaired) electrons. The van der Waals surface area contributed by atoms with Gasteiger partial charge in [0.1, 0.15) is 5.82 Å². The summed E-state index contributed by atoms with van der Waals surface area (Å²) in [4.78, 5) is 24.4. The quantitative estimate of drug-likeness (QED) is 0.772. The van der Waals surface area contributed by atoms with E-state index in [0.717, 1.165) is 18.4 Å². The van der Waals surface area contributed by atoms with Crippen LogP contribution in [-0.2, 0) is 9.53 Å². The van der Waals surface area contributed by atoms with E-state index in [1.54, 1.807) is 0 Å². The Hall–Kier alpha value is -2.69. The maximum Gasteiger partial charge on any atom is 0.341 e. The van der Waals surface area contributed by atoms with E-state index in [9.17, 15) is 14.0 Å². The number of hydrogen-bond donors (Lipinski definition) is 1. The molecule has 2 rings (SSSR count). The monoisotopic (exact) mass is 343 g/mol. The second-order valence-electron chi connectivity index (χ2n) is 5.79. The lowest BCUT2D eigenvalue weighted by atomic mass is 10.0. The summed E-state index contributed by atoms with van der Waals surface area (Å²) in [5.41, 5.74) is 0.806. The zero-order valence-electron chi connectivity index (χ0n) is 14.4. The number of amides is 1.